The molecule has 3 aromatic carbocycles. The van der Waals surface area contributed by atoms with Gasteiger partial charge >= 0.3 is 0 Å². The molecule has 8 heteroatoms. The van der Waals surface area contributed by atoms with E-state index >= 15 is 0 Å². The number of methoxy groups -OCH3 is 1. The second-order valence-electron chi connectivity index (χ2n) is 7.03. The van der Waals surface area contributed by atoms with E-state index in [1.807, 2.05) is 6.07 Å². The molecule has 0 spiro atoms. The molecule has 0 bridgehead atoms. The van der Waals surface area contributed by atoms with Crippen LogP contribution in [0.15, 0.2) is 88.2 Å². The first-order chi connectivity index (χ1) is 15.4. The number of aryl methyl sites for hydroxylation is 1. The van der Waals surface area contributed by atoms with Gasteiger partial charge in [-0.15, -0.1) is 0 Å². The van der Waals surface area contributed by atoms with Crippen LogP contribution in [0.25, 0.3) is 11.5 Å². The van der Waals surface area contributed by atoms with Crippen LogP contribution in [0, 0.1) is 6.92 Å². The molecule has 0 aliphatic heterocycles. The van der Waals surface area contributed by atoms with Crippen LogP contribution >= 0.6 is 11.6 Å². The maximum atomic E-state index is 13.6. The predicted molar refractivity (Wildman–Crippen MR) is 124 cm³/mol. The number of anilines is 1. The first-order valence-electron chi connectivity index (χ1n) is 9.83. The van der Waals surface area contributed by atoms with Crippen molar-refractivity contribution in [3.8, 4) is 17.2 Å². The van der Waals surface area contributed by atoms with E-state index in [1.54, 1.807) is 79.7 Å². The Morgan fingerprint density at radius 3 is 2.44 bits per heavy atom. The summed E-state index contributed by atoms with van der Waals surface area (Å²) in [7, 11) is -2.41. The van der Waals surface area contributed by atoms with Crippen molar-refractivity contribution in [1.82, 2.24) is 4.98 Å². The van der Waals surface area contributed by atoms with E-state index in [4.69, 9.17) is 20.8 Å². The van der Waals surface area contributed by atoms with Crippen molar-refractivity contribution in [1.29, 1.82) is 0 Å². The highest BCUT2D eigenvalue weighted by Gasteiger charge is 2.29. The molecule has 164 valence electrons. The van der Waals surface area contributed by atoms with Gasteiger partial charge < -0.3 is 9.15 Å². The fourth-order valence-electron chi connectivity index (χ4n) is 3.31. The second kappa shape index (κ2) is 9.06. The molecule has 0 saturated carbocycles. The highest BCUT2D eigenvalue weighted by Crippen LogP contribution is 2.34. The predicted octanol–water partition coefficient (Wildman–Crippen LogP) is 5.71. The van der Waals surface area contributed by atoms with Crippen LogP contribution in [0.2, 0.25) is 5.02 Å². The Labute approximate surface area is 192 Å². The van der Waals surface area contributed by atoms with E-state index in [1.165, 1.54) is 11.4 Å². The number of hydrogen-bond donors (Lipinski definition) is 0. The average molecular weight is 469 g/mol. The lowest BCUT2D eigenvalue weighted by Gasteiger charge is -2.25. The number of oxazole rings is 1. The number of benzene rings is 3. The lowest BCUT2D eigenvalue weighted by atomic mass is 10.2. The number of ether oxygens (including phenoxy) is 1. The molecule has 0 N–H and O–H groups in total. The van der Waals surface area contributed by atoms with Crippen molar-refractivity contribution >= 4 is 27.3 Å². The normalized spacial score (nSPS) is 11.3. The maximum Gasteiger partial charge on any atom is 0.264 e. The summed E-state index contributed by atoms with van der Waals surface area (Å²) in [5.41, 5.74) is 1.61. The lowest BCUT2D eigenvalue weighted by molar-refractivity contribution is 0.415. The maximum absolute atomic E-state index is 13.6. The average Bonchev–Trinajstić information content (AvgIpc) is 3.18. The largest absolute Gasteiger partial charge is 0.495 e. The SMILES string of the molecule is COc1ccccc1N(Cc1nc(-c2cccc(Cl)c2)oc1C)S(=O)(=O)c1ccccc1. The first kappa shape index (κ1) is 21.9. The number of hydrogen-bond acceptors (Lipinski definition) is 5. The molecule has 0 saturated heterocycles. The number of para-hydroxylation sites is 2. The van der Waals surface area contributed by atoms with E-state index in [0.717, 1.165) is 0 Å². The Balaban J connectivity index is 1.80. The van der Waals surface area contributed by atoms with Gasteiger partial charge in [-0.1, -0.05) is 48.0 Å². The van der Waals surface area contributed by atoms with Gasteiger partial charge in [-0.2, -0.15) is 0 Å². The summed E-state index contributed by atoms with van der Waals surface area (Å²) in [4.78, 5) is 4.75. The van der Waals surface area contributed by atoms with Crippen LogP contribution in [0.3, 0.4) is 0 Å². The van der Waals surface area contributed by atoms with Crippen molar-refractivity contribution in [2.24, 2.45) is 0 Å². The summed E-state index contributed by atoms with van der Waals surface area (Å²) in [6, 6.07) is 22.4. The highest BCUT2D eigenvalue weighted by atomic mass is 35.5. The molecule has 0 amide bonds. The van der Waals surface area contributed by atoms with Gasteiger partial charge in [0.05, 0.1) is 24.2 Å². The Morgan fingerprint density at radius 1 is 1.00 bits per heavy atom. The highest BCUT2D eigenvalue weighted by molar-refractivity contribution is 7.92. The number of rotatable bonds is 7. The minimum Gasteiger partial charge on any atom is -0.495 e. The molecular formula is C24H21ClN2O4S. The van der Waals surface area contributed by atoms with Crippen LogP contribution < -0.4 is 9.04 Å². The third-order valence-electron chi connectivity index (χ3n) is 4.94. The van der Waals surface area contributed by atoms with Gasteiger partial charge in [-0.25, -0.2) is 13.4 Å². The zero-order chi connectivity index (χ0) is 22.7. The number of sulfonamides is 1. The summed E-state index contributed by atoms with van der Waals surface area (Å²) >= 11 is 6.10. The molecule has 0 aliphatic carbocycles. The fraction of sp³-hybridized carbons (Fsp3) is 0.125. The van der Waals surface area contributed by atoms with Crippen molar-refractivity contribution < 1.29 is 17.6 Å². The minimum atomic E-state index is -3.91. The molecule has 6 nitrogen and oxygen atoms in total. The zero-order valence-corrected chi connectivity index (χ0v) is 19.1. The number of nitrogens with zero attached hydrogens (tertiary/aromatic N) is 2. The molecule has 1 aromatic heterocycles. The zero-order valence-electron chi connectivity index (χ0n) is 17.5. The monoisotopic (exact) mass is 468 g/mol. The minimum absolute atomic E-state index is 0.0342. The van der Waals surface area contributed by atoms with E-state index in [0.29, 0.717) is 39.4 Å². The summed E-state index contributed by atoms with van der Waals surface area (Å²) < 4.78 is 39.8. The van der Waals surface area contributed by atoms with Gasteiger partial charge in [0.2, 0.25) is 5.89 Å². The first-order valence-corrected chi connectivity index (χ1v) is 11.6. The van der Waals surface area contributed by atoms with Crippen molar-refractivity contribution in [3.05, 3.63) is 95.3 Å². The molecule has 4 aromatic rings. The molecule has 0 radical (unpaired) electrons. The molecule has 1 heterocycles. The van der Waals surface area contributed by atoms with Gasteiger partial charge in [0.15, 0.2) is 0 Å². The molecule has 0 unspecified atom stereocenters. The van der Waals surface area contributed by atoms with Crippen LogP contribution in [0.4, 0.5) is 5.69 Å². The van der Waals surface area contributed by atoms with E-state index in [-0.39, 0.29) is 11.4 Å². The Bertz CT molecular complexity index is 1340. The topological polar surface area (TPSA) is 72.6 Å². The molecule has 0 aliphatic rings. The van der Waals surface area contributed by atoms with Gasteiger partial charge in [0, 0.05) is 10.6 Å². The van der Waals surface area contributed by atoms with Gasteiger partial charge in [-0.3, -0.25) is 4.31 Å². The molecule has 0 atom stereocenters. The van der Waals surface area contributed by atoms with Crippen LogP contribution in [-0.4, -0.2) is 20.5 Å². The van der Waals surface area contributed by atoms with Gasteiger partial charge in [-0.05, 0) is 49.4 Å². The summed E-state index contributed by atoms with van der Waals surface area (Å²) in [5, 5.41) is 0.558. The Hall–Kier alpha value is -3.29. The van der Waals surface area contributed by atoms with Crippen LogP contribution in [0.1, 0.15) is 11.5 Å². The third-order valence-corrected chi connectivity index (χ3v) is 6.95. The molecule has 4 rings (SSSR count). The molecule has 32 heavy (non-hydrogen) atoms. The summed E-state index contributed by atoms with van der Waals surface area (Å²) in [5.74, 6) is 1.32. The van der Waals surface area contributed by atoms with Crippen LogP contribution in [0.5, 0.6) is 5.75 Å². The standard InChI is InChI=1S/C24H21ClN2O4S/c1-17-21(26-24(31-17)18-9-8-10-19(25)15-18)16-27(22-13-6-7-14-23(22)30-2)32(28,29)20-11-4-3-5-12-20/h3-15H,16H2,1-2H3. The Kier molecular flexibility index (Phi) is 6.21. The number of aromatic nitrogens is 1. The smallest absolute Gasteiger partial charge is 0.264 e. The molecule has 0 fully saturated rings. The second-order valence-corrected chi connectivity index (χ2v) is 9.33. The third kappa shape index (κ3) is 4.35. The molecular weight excluding hydrogens is 448 g/mol. The van der Waals surface area contributed by atoms with E-state index in [2.05, 4.69) is 4.98 Å². The van der Waals surface area contributed by atoms with Gasteiger partial charge in [0.1, 0.15) is 17.2 Å². The van der Waals surface area contributed by atoms with Crippen LogP contribution in [-0.2, 0) is 16.6 Å². The Morgan fingerprint density at radius 2 is 1.72 bits per heavy atom. The summed E-state index contributed by atoms with van der Waals surface area (Å²) in [6.45, 7) is 1.72. The summed E-state index contributed by atoms with van der Waals surface area (Å²) in [6.07, 6.45) is 0. The van der Waals surface area contributed by atoms with Gasteiger partial charge in [0.25, 0.3) is 10.0 Å². The number of halogens is 1. The van der Waals surface area contributed by atoms with Crippen molar-refractivity contribution in [2.45, 2.75) is 18.4 Å². The lowest BCUT2D eigenvalue weighted by Crippen LogP contribution is -2.31. The quantitative estimate of drug-likeness (QED) is 0.347. The van der Waals surface area contributed by atoms with Crippen molar-refractivity contribution in [3.63, 3.8) is 0 Å². The van der Waals surface area contributed by atoms with Crippen molar-refractivity contribution in [2.75, 3.05) is 11.4 Å². The fourth-order valence-corrected chi connectivity index (χ4v) is 4.96. The van der Waals surface area contributed by atoms with E-state index in [9.17, 15) is 8.42 Å². The van der Waals surface area contributed by atoms with E-state index < -0.39 is 10.0 Å².